The summed E-state index contributed by atoms with van der Waals surface area (Å²) in [7, 11) is 0. The molecule has 3 N–H and O–H groups in total. The van der Waals surface area contributed by atoms with Crippen LogP contribution in [-0.2, 0) is 0 Å². The van der Waals surface area contributed by atoms with Crippen molar-refractivity contribution in [1.82, 2.24) is 24.4 Å². The Labute approximate surface area is 220 Å². The van der Waals surface area contributed by atoms with Gasteiger partial charge in [-0.05, 0) is 78.7 Å². The van der Waals surface area contributed by atoms with Crippen LogP contribution in [-0.4, -0.2) is 35.6 Å². The molecule has 4 heterocycles. The van der Waals surface area contributed by atoms with Crippen molar-refractivity contribution in [3.05, 3.63) is 66.9 Å². The lowest BCUT2D eigenvalue weighted by Gasteiger charge is -2.25. The van der Waals surface area contributed by atoms with Gasteiger partial charge in [0, 0.05) is 34.5 Å². The molecule has 1 aliphatic rings. The zero-order chi connectivity index (χ0) is 25.8. The van der Waals surface area contributed by atoms with Gasteiger partial charge in [0.05, 0.1) is 23.0 Å². The first-order valence-corrected chi connectivity index (χ1v) is 13.2. The number of rotatable bonds is 4. The van der Waals surface area contributed by atoms with Crippen LogP contribution in [0.2, 0.25) is 0 Å². The highest BCUT2D eigenvalue weighted by Gasteiger charge is 2.23. The Balaban J connectivity index is 1.34. The van der Waals surface area contributed by atoms with E-state index in [0.717, 1.165) is 63.6 Å². The average molecular weight is 527 g/mol. The first kappa shape index (κ1) is 23.0. The van der Waals surface area contributed by atoms with Crippen molar-refractivity contribution < 1.29 is 13.9 Å². The Bertz CT molecular complexity index is 1800. The maximum atomic E-state index is 14.0. The molecule has 0 amide bonds. The minimum absolute atomic E-state index is 0.216. The van der Waals surface area contributed by atoms with E-state index in [1.165, 1.54) is 23.7 Å². The summed E-state index contributed by atoms with van der Waals surface area (Å²) in [5.41, 5.74) is 11.6. The Morgan fingerprint density at radius 1 is 1.00 bits per heavy atom. The van der Waals surface area contributed by atoms with Gasteiger partial charge in [0.25, 0.3) is 0 Å². The van der Waals surface area contributed by atoms with E-state index in [9.17, 15) is 9.50 Å². The number of aliphatic hydroxyl groups excluding tert-OH is 1. The van der Waals surface area contributed by atoms with Crippen molar-refractivity contribution in [2.75, 3.05) is 5.73 Å². The van der Waals surface area contributed by atoms with Crippen LogP contribution < -0.4 is 5.73 Å². The van der Waals surface area contributed by atoms with Gasteiger partial charge in [0.15, 0.2) is 11.4 Å². The third-order valence-electron chi connectivity index (χ3n) is 7.31. The number of pyridine rings is 1. The maximum Gasteiger partial charge on any atom is 0.177 e. The number of aliphatic hydroxyl groups is 1. The van der Waals surface area contributed by atoms with E-state index in [1.807, 2.05) is 41.3 Å². The number of fused-ring (bicyclic) bond motifs is 2. The third-order valence-corrected chi connectivity index (χ3v) is 8.09. The number of aromatic nitrogens is 5. The molecule has 4 aromatic heterocycles. The van der Waals surface area contributed by atoms with E-state index in [2.05, 4.69) is 19.7 Å². The lowest BCUT2D eigenvalue weighted by atomic mass is 9.93. The highest BCUT2D eigenvalue weighted by molar-refractivity contribution is 7.13. The first-order valence-electron chi connectivity index (χ1n) is 12.5. The molecule has 38 heavy (non-hydrogen) atoms. The second kappa shape index (κ2) is 9.00. The summed E-state index contributed by atoms with van der Waals surface area (Å²) < 4.78 is 27.3. The number of hydrogen-bond donors (Lipinski definition) is 2. The fourth-order valence-electron chi connectivity index (χ4n) is 5.31. The minimum atomic E-state index is -0.308. The summed E-state index contributed by atoms with van der Waals surface area (Å²) in [5.74, 6) is 0.588. The van der Waals surface area contributed by atoms with Gasteiger partial charge in [0.2, 0.25) is 0 Å². The van der Waals surface area contributed by atoms with E-state index in [-0.39, 0.29) is 18.0 Å². The van der Waals surface area contributed by atoms with Crippen LogP contribution in [0, 0.1) is 5.82 Å². The van der Waals surface area contributed by atoms with Gasteiger partial charge in [-0.3, -0.25) is 4.68 Å². The van der Waals surface area contributed by atoms with Gasteiger partial charge in [-0.1, -0.05) is 16.6 Å². The SMILES string of the molecule is Nc1ncc(-c2cnn([C@H]3CC[C@H](O)CC3)c2)c2cc(-c3cc(-c4cccc(F)c4)cc4nnsc34)oc12. The van der Waals surface area contributed by atoms with Crippen LogP contribution >= 0.6 is 11.5 Å². The molecule has 1 fully saturated rings. The fourth-order valence-corrected chi connectivity index (χ4v) is 5.97. The molecular formula is C28H23FN6O2S. The van der Waals surface area contributed by atoms with Gasteiger partial charge in [-0.2, -0.15) is 5.10 Å². The fraction of sp³-hybridized carbons (Fsp3) is 0.214. The molecule has 10 heteroatoms. The molecule has 0 aliphatic heterocycles. The number of halogens is 1. The van der Waals surface area contributed by atoms with Gasteiger partial charge in [-0.25, -0.2) is 9.37 Å². The van der Waals surface area contributed by atoms with Gasteiger partial charge < -0.3 is 15.3 Å². The molecule has 0 saturated heterocycles. The maximum absolute atomic E-state index is 14.0. The molecule has 8 nitrogen and oxygen atoms in total. The number of hydrogen-bond acceptors (Lipinski definition) is 8. The van der Waals surface area contributed by atoms with E-state index in [1.54, 1.807) is 12.3 Å². The summed E-state index contributed by atoms with van der Waals surface area (Å²) >= 11 is 1.28. The van der Waals surface area contributed by atoms with Crippen LogP contribution in [0.25, 0.3) is 54.8 Å². The van der Waals surface area contributed by atoms with Crippen LogP contribution in [0.1, 0.15) is 31.7 Å². The molecule has 0 bridgehead atoms. The van der Waals surface area contributed by atoms with Crippen LogP contribution in [0.15, 0.2) is 65.5 Å². The molecule has 0 radical (unpaired) electrons. The molecule has 2 aromatic carbocycles. The highest BCUT2D eigenvalue weighted by Crippen LogP contribution is 2.41. The second-order valence-electron chi connectivity index (χ2n) is 9.74. The normalized spacial score (nSPS) is 17.9. The van der Waals surface area contributed by atoms with Crippen molar-refractivity contribution in [1.29, 1.82) is 0 Å². The number of nitrogen functional groups attached to an aromatic ring is 1. The average Bonchev–Trinajstić information content (AvgIpc) is 3.69. The molecule has 7 rings (SSSR count). The molecule has 0 atom stereocenters. The zero-order valence-corrected chi connectivity index (χ0v) is 21.0. The standard InChI is InChI=1S/C28H23FN6O2S/c29-18-3-1-2-15(8-18)16-9-22(27-24(10-16)33-34-38-27)25-11-21-23(13-31-28(30)26(21)37-25)17-12-32-35(14-17)19-4-6-20(36)7-5-19/h1-3,8-14,19-20,36H,4-7H2,(H2,30,31)/t19-,20-. The molecule has 1 aliphatic carbocycles. The third kappa shape index (κ3) is 3.93. The lowest BCUT2D eigenvalue weighted by Crippen LogP contribution is -2.21. The second-order valence-corrected chi connectivity index (χ2v) is 10.5. The van der Waals surface area contributed by atoms with Crippen LogP contribution in [0.5, 0.6) is 0 Å². The molecule has 0 unspecified atom stereocenters. The molecule has 190 valence electrons. The summed E-state index contributed by atoms with van der Waals surface area (Å²) in [6.07, 6.45) is 8.75. The van der Waals surface area contributed by atoms with Gasteiger partial charge >= 0.3 is 0 Å². The first-order chi connectivity index (χ1) is 18.5. The van der Waals surface area contributed by atoms with Crippen molar-refractivity contribution in [3.8, 4) is 33.6 Å². The monoisotopic (exact) mass is 526 g/mol. The van der Waals surface area contributed by atoms with Crippen molar-refractivity contribution in [2.24, 2.45) is 0 Å². The Morgan fingerprint density at radius 2 is 1.87 bits per heavy atom. The lowest BCUT2D eigenvalue weighted by molar-refractivity contribution is 0.108. The predicted octanol–water partition coefficient (Wildman–Crippen LogP) is 6.23. The Morgan fingerprint density at radius 3 is 2.71 bits per heavy atom. The van der Waals surface area contributed by atoms with E-state index in [0.29, 0.717) is 22.7 Å². The molecular weight excluding hydrogens is 503 g/mol. The molecule has 1 saturated carbocycles. The van der Waals surface area contributed by atoms with Crippen LogP contribution in [0.4, 0.5) is 10.2 Å². The minimum Gasteiger partial charge on any atom is -0.452 e. The predicted molar refractivity (Wildman–Crippen MR) is 145 cm³/mol. The Kier molecular flexibility index (Phi) is 5.45. The van der Waals surface area contributed by atoms with Crippen molar-refractivity contribution >= 4 is 38.5 Å². The highest BCUT2D eigenvalue weighted by atomic mass is 32.1. The van der Waals surface area contributed by atoms with E-state index >= 15 is 0 Å². The van der Waals surface area contributed by atoms with Crippen LogP contribution in [0.3, 0.4) is 0 Å². The zero-order valence-electron chi connectivity index (χ0n) is 20.2. The quantitative estimate of drug-likeness (QED) is 0.280. The Hall–Kier alpha value is -4.15. The number of benzene rings is 2. The number of nitrogens with two attached hydrogens (primary N) is 1. The topological polar surface area (TPSA) is 116 Å². The van der Waals surface area contributed by atoms with Gasteiger partial charge in [-0.15, -0.1) is 5.10 Å². The number of nitrogens with zero attached hydrogens (tertiary/aromatic N) is 5. The van der Waals surface area contributed by atoms with Crippen molar-refractivity contribution in [2.45, 2.75) is 37.8 Å². The largest absolute Gasteiger partial charge is 0.452 e. The molecule has 0 spiro atoms. The number of furan rings is 1. The van der Waals surface area contributed by atoms with E-state index in [4.69, 9.17) is 10.2 Å². The summed E-state index contributed by atoms with van der Waals surface area (Å²) in [6, 6.07) is 12.5. The van der Waals surface area contributed by atoms with E-state index < -0.39 is 0 Å². The summed E-state index contributed by atoms with van der Waals surface area (Å²) in [5, 5.41) is 19.6. The smallest absolute Gasteiger partial charge is 0.177 e. The summed E-state index contributed by atoms with van der Waals surface area (Å²) in [4.78, 5) is 4.40. The summed E-state index contributed by atoms with van der Waals surface area (Å²) in [6.45, 7) is 0. The molecule has 6 aromatic rings. The van der Waals surface area contributed by atoms with Crippen molar-refractivity contribution in [3.63, 3.8) is 0 Å². The number of anilines is 1. The van der Waals surface area contributed by atoms with Gasteiger partial charge in [0.1, 0.15) is 17.1 Å².